The van der Waals surface area contributed by atoms with Crippen molar-refractivity contribution < 1.29 is 9.32 Å². The van der Waals surface area contributed by atoms with Gasteiger partial charge in [-0.05, 0) is 24.9 Å². The zero-order chi connectivity index (χ0) is 15.1. The summed E-state index contributed by atoms with van der Waals surface area (Å²) in [7, 11) is 0. The fourth-order valence-corrected chi connectivity index (χ4v) is 2.50. The van der Waals surface area contributed by atoms with E-state index < -0.39 is 0 Å². The standard InChI is InChI=1S/C14H20N4O2S/c1-3-15-10(2)8-16-12(19)4-5-13-17-14(18-20-13)11-6-7-21-9-11/h6-7,9-10,15H,3-5,8H2,1-2H3,(H,16,19)/t10-/m1/s1. The molecule has 0 aromatic carbocycles. The van der Waals surface area contributed by atoms with E-state index in [0.717, 1.165) is 12.1 Å². The van der Waals surface area contributed by atoms with Crippen LogP contribution >= 0.6 is 11.3 Å². The number of likely N-dealkylation sites (N-methyl/N-ethyl adjacent to an activating group) is 1. The minimum absolute atomic E-state index is 0.00460. The molecule has 0 saturated carbocycles. The van der Waals surface area contributed by atoms with Crippen LogP contribution in [0.2, 0.25) is 0 Å². The molecule has 2 N–H and O–H groups in total. The first kappa shape index (κ1) is 15.7. The maximum absolute atomic E-state index is 11.7. The van der Waals surface area contributed by atoms with Crippen molar-refractivity contribution in [1.82, 2.24) is 20.8 Å². The first-order valence-electron chi connectivity index (χ1n) is 7.04. The van der Waals surface area contributed by atoms with Crippen molar-refractivity contribution in [3.8, 4) is 11.4 Å². The highest BCUT2D eigenvalue weighted by atomic mass is 32.1. The molecule has 7 heteroatoms. The lowest BCUT2D eigenvalue weighted by atomic mass is 10.2. The lowest BCUT2D eigenvalue weighted by Crippen LogP contribution is -2.38. The van der Waals surface area contributed by atoms with Crippen LogP contribution in [0.1, 0.15) is 26.2 Å². The molecule has 2 aromatic rings. The summed E-state index contributed by atoms with van der Waals surface area (Å²) in [6.45, 7) is 5.59. The number of aromatic nitrogens is 2. The van der Waals surface area contributed by atoms with Gasteiger partial charge >= 0.3 is 0 Å². The molecule has 0 bridgehead atoms. The molecule has 0 aliphatic heterocycles. The number of thiophene rings is 1. The Hall–Kier alpha value is -1.73. The molecule has 2 aromatic heterocycles. The maximum Gasteiger partial charge on any atom is 0.227 e. The van der Waals surface area contributed by atoms with E-state index in [1.165, 1.54) is 0 Å². The molecule has 0 aliphatic carbocycles. The molecule has 114 valence electrons. The summed E-state index contributed by atoms with van der Waals surface area (Å²) >= 11 is 1.58. The van der Waals surface area contributed by atoms with Crippen LogP contribution in [0.4, 0.5) is 0 Å². The number of hydrogen-bond acceptors (Lipinski definition) is 6. The fraction of sp³-hybridized carbons (Fsp3) is 0.500. The SMILES string of the molecule is CCN[C@H](C)CNC(=O)CCc1nc(-c2ccsc2)no1. The Labute approximate surface area is 127 Å². The van der Waals surface area contributed by atoms with Crippen molar-refractivity contribution in [2.45, 2.75) is 32.7 Å². The summed E-state index contributed by atoms with van der Waals surface area (Å²) in [4.78, 5) is 16.0. The molecule has 0 aliphatic rings. The molecule has 6 nitrogen and oxygen atoms in total. The highest BCUT2D eigenvalue weighted by Gasteiger charge is 2.11. The molecule has 2 heterocycles. The smallest absolute Gasteiger partial charge is 0.227 e. The highest BCUT2D eigenvalue weighted by Crippen LogP contribution is 2.18. The summed E-state index contributed by atoms with van der Waals surface area (Å²) in [5.74, 6) is 1.06. The average molecular weight is 308 g/mol. The third kappa shape index (κ3) is 4.95. The van der Waals surface area contributed by atoms with E-state index in [1.54, 1.807) is 11.3 Å². The van der Waals surface area contributed by atoms with Crippen molar-refractivity contribution in [3.05, 3.63) is 22.7 Å². The lowest BCUT2D eigenvalue weighted by molar-refractivity contribution is -0.121. The van der Waals surface area contributed by atoms with Crippen LogP contribution in [-0.2, 0) is 11.2 Å². The van der Waals surface area contributed by atoms with Crippen LogP contribution in [0.5, 0.6) is 0 Å². The Balaban J connectivity index is 1.74. The van der Waals surface area contributed by atoms with Gasteiger partial charge in [0.05, 0.1) is 0 Å². The largest absolute Gasteiger partial charge is 0.355 e. The fourth-order valence-electron chi connectivity index (χ4n) is 1.86. The van der Waals surface area contributed by atoms with Gasteiger partial charge < -0.3 is 15.2 Å². The summed E-state index contributed by atoms with van der Waals surface area (Å²) in [5, 5.41) is 14.0. The second kappa shape index (κ2) is 7.90. The van der Waals surface area contributed by atoms with Crippen LogP contribution in [0.25, 0.3) is 11.4 Å². The first-order chi connectivity index (χ1) is 10.2. The van der Waals surface area contributed by atoms with Gasteiger partial charge in [-0.25, -0.2) is 0 Å². The molecular formula is C14H20N4O2S. The number of aryl methyl sites for hydroxylation is 1. The minimum atomic E-state index is -0.00460. The summed E-state index contributed by atoms with van der Waals surface area (Å²) in [6.07, 6.45) is 0.808. The van der Waals surface area contributed by atoms with Crippen LogP contribution in [0.3, 0.4) is 0 Å². The maximum atomic E-state index is 11.7. The molecule has 2 rings (SSSR count). The van der Waals surface area contributed by atoms with Crippen molar-refractivity contribution in [3.63, 3.8) is 0 Å². The van der Waals surface area contributed by atoms with Gasteiger partial charge in [-0.1, -0.05) is 12.1 Å². The average Bonchev–Trinajstić information content (AvgIpc) is 3.13. The van der Waals surface area contributed by atoms with Crippen molar-refractivity contribution in [2.24, 2.45) is 0 Å². The summed E-state index contributed by atoms with van der Waals surface area (Å²) in [6, 6.07) is 2.21. The number of nitrogens with one attached hydrogen (secondary N) is 2. The number of rotatable bonds is 8. The zero-order valence-electron chi connectivity index (χ0n) is 12.3. The van der Waals surface area contributed by atoms with Crippen LogP contribution < -0.4 is 10.6 Å². The van der Waals surface area contributed by atoms with Crippen molar-refractivity contribution in [2.75, 3.05) is 13.1 Å². The van der Waals surface area contributed by atoms with E-state index in [-0.39, 0.29) is 11.9 Å². The molecule has 0 unspecified atom stereocenters. The minimum Gasteiger partial charge on any atom is -0.355 e. The van der Waals surface area contributed by atoms with Gasteiger partial charge in [0.1, 0.15) is 0 Å². The van der Waals surface area contributed by atoms with Gasteiger partial charge in [0.15, 0.2) is 0 Å². The molecule has 0 fully saturated rings. The van der Waals surface area contributed by atoms with Gasteiger partial charge in [0.2, 0.25) is 17.6 Å². The molecule has 1 amide bonds. The number of hydrogen-bond donors (Lipinski definition) is 2. The predicted molar refractivity (Wildman–Crippen MR) is 82.1 cm³/mol. The van der Waals surface area contributed by atoms with E-state index >= 15 is 0 Å². The Kier molecular flexibility index (Phi) is 5.89. The second-order valence-corrected chi connectivity index (χ2v) is 5.57. The predicted octanol–water partition coefficient (Wildman–Crippen LogP) is 1.84. The van der Waals surface area contributed by atoms with Gasteiger partial charge in [0.25, 0.3) is 0 Å². The lowest BCUT2D eigenvalue weighted by Gasteiger charge is -2.12. The summed E-state index contributed by atoms with van der Waals surface area (Å²) < 4.78 is 5.15. The topological polar surface area (TPSA) is 80.0 Å². The van der Waals surface area contributed by atoms with E-state index in [4.69, 9.17) is 4.52 Å². The third-order valence-corrected chi connectivity index (χ3v) is 3.65. The molecule has 21 heavy (non-hydrogen) atoms. The monoisotopic (exact) mass is 308 g/mol. The zero-order valence-corrected chi connectivity index (χ0v) is 13.1. The van der Waals surface area contributed by atoms with Gasteiger partial charge in [-0.15, -0.1) is 0 Å². The Morgan fingerprint density at radius 3 is 3.10 bits per heavy atom. The Morgan fingerprint density at radius 1 is 1.52 bits per heavy atom. The van der Waals surface area contributed by atoms with Crippen LogP contribution in [0, 0.1) is 0 Å². The van der Waals surface area contributed by atoms with Crippen LogP contribution in [0.15, 0.2) is 21.3 Å². The van der Waals surface area contributed by atoms with E-state index in [0.29, 0.717) is 31.1 Å². The molecule has 1 atom stereocenters. The van der Waals surface area contributed by atoms with E-state index in [2.05, 4.69) is 20.8 Å². The van der Waals surface area contributed by atoms with Crippen molar-refractivity contribution >= 4 is 17.2 Å². The van der Waals surface area contributed by atoms with Gasteiger partial charge in [-0.2, -0.15) is 16.3 Å². The summed E-state index contributed by atoms with van der Waals surface area (Å²) in [5.41, 5.74) is 0.943. The van der Waals surface area contributed by atoms with Gasteiger partial charge in [-0.3, -0.25) is 4.79 Å². The van der Waals surface area contributed by atoms with E-state index in [9.17, 15) is 4.79 Å². The number of carbonyl (C=O) groups excluding carboxylic acids is 1. The highest BCUT2D eigenvalue weighted by molar-refractivity contribution is 7.08. The first-order valence-corrected chi connectivity index (χ1v) is 7.98. The second-order valence-electron chi connectivity index (χ2n) is 4.79. The Bertz CT molecular complexity index is 553. The molecule has 0 spiro atoms. The normalized spacial score (nSPS) is 12.3. The number of amides is 1. The number of nitrogens with zero attached hydrogens (tertiary/aromatic N) is 2. The van der Waals surface area contributed by atoms with Gasteiger partial charge in [0, 0.05) is 36.4 Å². The molecule has 0 saturated heterocycles. The molecule has 0 radical (unpaired) electrons. The van der Waals surface area contributed by atoms with Crippen molar-refractivity contribution in [1.29, 1.82) is 0 Å². The quantitative estimate of drug-likeness (QED) is 0.778. The third-order valence-electron chi connectivity index (χ3n) is 2.97. The Morgan fingerprint density at radius 2 is 2.38 bits per heavy atom. The van der Waals surface area contributed by atoms with E-state index in [1.807, 2.05) is 30.7 Å². The molecular weight excluding hydrogens is 288 g/mol. The van der Waals surface area contributed by atoms with Crippen LogP contribution in [-0.4, -0.2) is 35.2 Å². The number of carbonyl (C=O) groups is 1.